The second-order valence-electron chi connectivity index (χ2n) is 4.60. The zero-order chi connectivity index (χ0) is 15.1. The molecule has 1 aromatic carbocycles. The Morgan fingerprint density at radius 2 is 1.90 bits per heavy atom. The van der Waals surface area contributed by atoms with Gasteiger partial charge in [-0.05, 0) is 31.2 Å². The van der Waals surface area contributed by atoms with Crippen LogP contribution in [-0.2, 0) is 0 Å². The smallest absolute Gasteiger partial charge is 0.321 e. The third-order valence-corrected chi connectivity index (χ3v) is 2.93. The first-order valence-electron chi connectivity index (χ1n) is 6.57. The molecule has 0 saturated heterocycles. The first-order chi connectivity index (χ1) is 9.43. The third kappa shape index (κ3) is 5.13. The van der Waals surface area contributed by atoms with Gasteiger partial charge in [-0.3, -0.25) is 0 Å². The van der Waals surface area contributed by atoms with Crippen molar-refractivity contribution in [3.63, 3.8) is 0 Å². The lowest BCUT2D eigenvalue weighted by Gasteiger charge is -2.18. The topological polar surface area (TPSA) is 44.4 Å². The van der Waals surface area contributed by atoms with Crippen molar-refractivity contribution in [3.05, 3.63) is 29.8 Å². The molecular formula is C14H21F2N3O. The number of nitrogens with one attached hydrogen (secondary N) is 2. The van der Waals surface area contributed by atoms with Crippen molar-refractivity contribution in [1.29, 1.82) is 0 Å². The minimum Gasteiger partial charge on any atom is -0.322 e. The maximum atomic E-state index is 12.2. The van der Waals surface area contributed by atoms with Crippen molar-refractivity contribution in [1.82, 2.24) is 10.2 Å². The Labute approximate surface area is 118 Å². The zero-order valence-electron chi connectivity index (χ0n) is 12.0. The van der Waals surface area contributed by atoms with Crippen molar-refractivity contribution in [3.8, 4) is 0 Å². The van der Waals surface area contributed by atoms with Crippen LogP contribution >= 0.6 is 0 Å². The molecule has 2 amide bonds. The molecule has 0 saturated carbocycles. The maximum Gasteiger partial charge on any atom is 0.321 e. The van der Waals surface area contributed by atoms with Crippen LogP contribution in [0.2, 0.25) is 0 Å². The number of amides is 2. The second-order valence-corrected chi connectivity index (χ2v) is 4.60. The monoisotopic (exact) mass is 285 g/mol. The fourth-order valence-electron chi connectivity index (χ4n) is 1.79. The van der Waals surface area contributed by atoms with E-state index in [0.717, 1.165) is 17.0 Å². The summed E-state index contributed by atoms with van der Waals surface area (Å²) in [7, 11) is 1.34. The maximum absolute atomic E-state index is 12.2. The number of alkyl halides is 2. The number of benzene rings is 1. The lowest BCUT2D eigenvalue weighted by molar-refractivity contribution is 0.111. The number of hydrogen-bond acceptors (Lipinski definition) is 2. The van der Waals surface area contributed by atoms with E-state index >= 15 is 0 Å². The highest BCUT2D eigenvalue weighted by atomic mass is 19.3. The highest BCUT2D eigenvalue weighted by molar-refractivity contribution is 5.89. The first-order valence-corrected chi connectivity index (χ1v) is 6.57. The number of anilines is 1. The van der Waals surface area contributed by atoms with Crippen molar-refractivity contribution in [2.75, 3.05) is 25.5 Å². The predicted molar refractivity (Wildman–Crippen MR) is 76.2 cm³/mol. The predicted octanol–water partition coefficient (Wildman–Crippen LogP) is 3.09. The Hall–Kier alpha value is -1.69. The number of hydrogen-bond donors (Lipinski definition) is 2. The molecule has 0 radical (unpaired) electrons. The van der Waals surface area contributed by atoms with Crippen LogP contribution in [0.5, 0.6) is 0 Å². The number of urea groups is 1. The summed E-state index contributed by atoms with van der Waals surface area (Å²) in [6.07, 6.45) is -2.53. The van der Waals surface area contributed by atoms with Crippen LogP contribution in [0.1, 0.15) is 25.5 Å². The van der Waals surface area contributed by atoms with Gasteiger partial charge in [0.15, 0.2) is 0 Å². The summed E-state index contributed by atoms with van der Waals surface area (Å²) >= 11 is 0. The van der Waals surface area contributed by atoms with Crippen molar-refractivity contribution >= 4 is 11.7 Å². The highest BCUT2D eigenvalue weighted by Gasteiger charge is 2.14. The van der Waals surface area contributed by atoms with Gasteiger partial charge < -0.3 is 15.5 Å². The molecule has 0 aliphatic heterocycles. The summed E-state index contributed by atoms with van der Waals surface area (Å²) in [6.45, 7) is 4.37. The first kappa shape index (κ1) is 16.4. The fraction of sp³-hybridized carbons (Fsp3) is 0.500. The van der Waals surface area contributed by atoms with E-state index in [1.165, 1.54) is 7.05 Å². The molecule has 0 spiro atoms. The molecule has 0 aromatic heterocycles. The van der Waals surface area contributed by atoms with Gasteiger partial charge >= 0.3 is 6.03 Å². The van der Waals surface area contributed by atoms with Crippen LogP contribution < -0.4 is 10.6 Å². The summed E-state index contributed by atoms with van der Waals surface area (Å²) in [5.74, 6) is 0. The van der Waals surface area contributed by atoms with Gasteiger partial charge in [0.05, 0.1) is 6.54 Å². The lowest BCUT2D eigenvalue weighted by Crippen LogP contribution is -2.34. The fourth-order valence-corrected chi connectivity index (χ4v) is 1.79. The molecule has 2 N–H and O–H groups in total. The SMILES string of the molecule is CCNC(C)c1ccc(NC(=O)N(C)CC(F)F)cc1. The van der Waals surface area contributed by atoms with Gasteiger partial charge in [0, 0.05) is 18.8 Å². The van der Waals surface area contributed by atoms with Gasteiger partial charge in [0.2, 0.25) is 0 Å². The summed E-state index contributed by atoms with van der Waals surface area (Å²) < 4.78 is 24.3. The van der Waals surface area contributed by atoms with Crippen LogP contribution in [-0.4, -0.2) is 37.5 Å². The summed E-state index contributed by atoms with van der Waals surface area (Å²) in [5.41, 5.74) is 1.69. The molecule has 0 aliphatic rings. The van der Waals surface area contributed by atoms with Gasteiger partial charge in [-0.15, -0.1) is 0 Å². The van der Waals surface area contributed by atoms with E-state index in [1.54, 1.807) is 12.1 Å². The molecule has 0 bridgehead atoms. The van der Waals surface area contributed by atoms with Crippen LogP contribution in [0.3, 0.4) is 0 Å². The number of halogens is 2. The van der Waals surface area contributed by atoms with E-state index in [2.05, 4.69) is 10.6 Å². The van der Waals surface area contributed by atoms with Crippen LogP contribution in [0.4, 0.5) is 19.3 Å². The molecule has 0 fully saturated rings. The van der Waals surface area contributed by atoms with Crippen molar-refractivity contribution in [2.24, 2.45) is 0 Å². The molecule has 112 valence electrons. The summed E-state index contributed by atoms with van der Waals surface area (Å²) in [6, 6.07) is 7.00. The Morgan fingerprint density at radius 3 is 2.40 bits per heavy atom. The van der Waals surface area contributed by atoms with Crippen molar-refractivity contribution in [2.45, 2.75) is 26.3 Å². The minimum absolute atomic E-state index is 0.228. The Kier molecular flexibility index (Phi) is 6.38. The Bertz CT molecular complexity index is 423. The lowest BCUT2D eigenvalue weighted by atomic mass is 10.1. The highest BCUT2D eigenvalue weighted by Crippen LogP contribution is 2.16. The molecule has 0 heterocycles. The largest absolute Gasteiger partial charge is 0.322 e. The Morgan fingerprint density at radius 1 is 1.30 bits per heavy atom. The van der Waals surface area contributed by atoms with Crippen LogP contribution in [0.15, 0.2) is 24.3 Å². The second kappa shape index (κ2) is 7.79. The number of rotatable bonds is 6. The number of nitrogens with zero attached hydrogens (tertiary/aromatic N) is 1. The van der Waals surface area contributed by atoms with E-state index in [9.17, 15) is 13.6 Å². The van der Waals surface area contributed by atoms with E-state index in [0.29, 0.717) is 5.69 Å². The molecule has 6 heteroatoms. The van der Waals surface area contributed by atoms with E-state index in [1.807, 2.05) is 26.0 Å². The van der Waals surface area contributed by atoms with Crippen molar-refractivity contribution < 1.29 is 13.6 Å². The van der Waals surface area contributed by atoms with E-state index in [-0.39, 0.29) is 6.04 Å². The molecule has 4 nitrogen and oxygen atoms in total. The van der Waals surface area contributed by atoms with Gasteiger partial charge in [0.25, 0.3) is 6.43 Å². The van der Waals surface area contributed by atoms with E-state index in [4.69, 9.17) is 0 Å². The molecule has 1 rings (SSSR count). The Balaban J connectivity index is 2.59. The minimum atomic E-state index is -2.53. The summed E-state index contributed by atoms with van der Waals surface area (Å²) in [4.78, 5) is 12.6. The quantitative estimate of drug-likeness (QED) is 0.843. The number of carbonyl (C=O) groups is 1. The number of carbonyl (C=O) groups excluding carboxylic acids is 1. The standard InChI is InChI=1S/C14H21F2N3O/c1-4-17-10(2)11-5-7-12(8-6-11)18-14(20)19(3)9-13(15)16/h5-8,10,13,17H,4,9H2,1-3H3,(H,18,20). The molecule has 1 aromatic rings. The van der Waals surface area contributed by atoms with E-state index < -0.39 is 19.0 Å². The van der Waals surface area contributed by atoms with Gasteiger partial charge in [0.1, 0.15) is 0 Å². The molecular weight excluding hydrogens is 264 g/mol. The van der Waals surface area contributed by atoms with Gasteiger partial charge in [-0.25, -0.2) is 13.6 Å². The van der Waals surface area contributed by atoms with Crippen LogP contribution in [0, 0.1) is 0 Å². The molecule has 1 atom stereocenters. The van der Waals surface area contributed by atoms with Gasteiger partial charge in [-0.1, -0.05) is 19.1 Å². The average Bonchev–Trinajstić information content (AvgIpc) is 2.39. The third-order valence-electron chi connectivity index (χ3n) is 2.93. The van der Waals surface area contributed by atoms with Gasteiger partial charge in [-0.2, -0.15) is 0 Å². The summed E-state index contributed by atoms with van der Waals surface area (Å²) in [5, 5.41) is 5.86. The molecule has 20 heavy (non-hydrogen) atoms. The zero-order valence-corrected chi connectivity index (χ0v) is 12.0. The average molecular weight is 285 g/mol. The molecule has 0 aliphatic carbocycles. The van der Waals surface area contributed by atoms with Crippen LogP contribution in [0.25, 0.3) is 0 Å². The normalized spacial score (nSPS) is 12.3. The molecule has 1 unspecified atom stereocenters.